The van der Waals surface area contributed by atoms with Crippen molar-refractivity contribution in [1.82, 2.24) is 25.5 Å². The quantitative estimate of drug-likeness (QED) is 0.684. The van der Waals surface area contributed by atoms with E-state index in [4.69, 9.17) is 0 Å². The molecule has 1 aliphatic rings. The Hall–Kier alpha value is -1.15. The highest BCUT2D eigenvalue weighted by molar-refractivity contribution is 7.99. The number of hydrogen-bond donors (Lipinski definition) is 2. The maximum atomic E-state index is 11.9. The summed E-state index contributed by atoms with van der Waals surface area (Å²) in [5.74, 6) is 0.601. The van der Waals surface area contributed by atoms with Gasteiger partial charge in [0.25, 0.3) is 0 Å². The summed E-state index contributed by atoms with van der Waals surface area (Å²) in [6, 6.07) is 0.226. The summed E-state index contributed by atoms with van der Waals surface area (Å²) < 4.78 is 1.79. The Morgan fingerprint density at radius 1 is 1.55 bits per heavy atom. The fraction of sp³-hybridized carbons (Fsp3) is 0.833. The van der Waals surface area contributed by atoms with Crippen molar-refractivity contribution in [1.29, 1.82) is 0 Å². The molecule has 1 aromatic heterocycles. The predicted octanol–water partition coefficient (Wildman–Crippen LogP) is 0.623. The Bertz CT molecular complexity index is 447. The van der Waals surface area contributed by atoms with Crippen LogP contribution in [0.15, 0.2) is 5.16 Å². The Morgan fingerprint density at radius 3 is 2.90 bits per heavy atom. The summed E-state index contributed by atoms with van der Waals surface area (Å²) in [5, 5.41) is 24.3. The number of amides is 1. The van der Waals surface area contributed by atoms with Gasteiger partial charge < -0.3 is 10.4 Å². The van der Waals surface area contributed by atoms with E-state index in [9.17, 15) is 9.90 Å². The number of rotatable bonds is 8. The number of tetrazole rings is 1. The summed E-state index contributed by atoms with van der Waals surface area (Å²) in [6.07, 6.45) is 2.98. The third kappa shape index (κ3) is 4.45. The molecule has 20 heavy (non-hydrogen) atoms. The number of aliphatic hydroxyl groups is 1. The zero-order valence-electron chi connectivity index (χ0n) is 11.8. The van der Waals surface area contributed by atoms with E-state index in [1.165, 1.54) is 11.8 Å². The minimum Gasteiger partial charge on any atom is -0.394 e. The molecule has 0 aromatic carbocycles. The highest BCUT2D eigenvalue weighted by Gasteiger charge is 2.28. The maximum absolute atomic E-state index is 11.9. The largest absolute Gasteiger partial charge is 0.394 e. The van der Waals surface area contributed by atoms with Crippen LogP contribution in [0.25, 0.3) is 0 Å². The highest BCUT2D eigenvalue weighted by atomic mass is 32.2. The smallest absolute Gasteiger partial charge is 0.230 e. The van der Waals surface area contributed by atoms with Crippen molar-refractivity contribution in [2.75, 3.05) is 12.4 Å². The van der Waals surface area contributed by atoms with E-state index in [-0.39, 0.29) is 24.3 Å². The van der Waals surface area contributed by atoms with Crippen LogP contribution in [0, 0.1) is 5.92 Å². The lowest BCUT2D eigenvalue weighted by Crippen LogP contribution is -2.39. The number of carbonyl (C=O) groups excluding carboxylic acids is 1. The van der Waals surface area contributed by atoms with E-state index >= 15 is 0 Å². The van der Waals surface area contributed by atoms with Crippen molar-refractivity contribution < 1.29 is 9.90 Å². The molecular formula is C12H21N5O2S. The van der Waals surface area contributed by atoms with Crippen LogP contribution >= 0.6 is 11.8 Å². The number of carbonyl (C=O) groups is 1. The minimum absolute atomic E-state index is 0.0333. The van der Waals surface area contributed by atoms with E-state index < -0.39 is 0 Å². The first-order chi connectivity index (χ1) is 9.60. The van der Waals surface area contributed by atoms with E-state index in [1.807, 2.05) is 0 Å². The van der Waals surface area contributed by atoms with E-state index in [1.54, 1.807) is 4.68 Å². The lowest BCUT2D eigenvalue weighted by molar-refractivity contribution is -0.119. The molecule has 8 heteroatoms. The van der Waals surface area contributed by atoms with Crippen molar-refractivity contribution in [3.8, 4) is 0 Å². The Morgan fingerprint density at radius 2 is 2.30 bits per heavy atom. The topological polar surface area (TPSA) is 92.9 Å². The fourth-order valence-corrected chi connectivity index (χ4v) is 2.73. The van der Waals surface area contributed by atoms with Crippen LogP contribution < -0.4 is 5.32 Å². The van der Waals surface area contributed by atoms with Gasteiger partial charge in [-0.1, -0.05) is 25.6 Å². The lowest BCUT2D eigenvalue weighted by Gasteiger charge is -2.17. The molecule has 1 aromatic rings. The van der Waals surface area contributed by atoms with Gasteiger partial charge in [0.2, 0.25) is 11.1 Å². The van der Waals surface area contributed by atoms with Crippen LogP contribution in [0.4, 0.5) is 0 Å². The molecule has 1 fully saturated rings. The second kappa shape index (κ2) is 7.03. The molecule has 2 N–H and O–H groups in total. The molecule has 0 spiro atoms. The average Bonchev–Trinajstić information content (AvgIpc) is 3.14. The standard InChI is InChI=1S/C12H21N5O2S/c1-8(2)5-9(6-18)13-11(19)7-20-12-14-15-16-17(12)10-3-4-10/h8-10,18H,3-7H2,1-2H3,(H,13,19). The minimum atomic E-state index is -0.178. The zero-order chi connectivity index (χ0) is 14.5. The van der Waals surface area contributed by atoms with E-state index in [0.29, 0.717) is 17.1 Å². The molecule has 112 valence electrons. The summed E-state index contributed by atoms with van der Waals surface area (Å²) in [7, 11) is 0. The van der Waals surface area contributed by atoms with Crippen LogP contribution in [0.3, 0.4) is 0 Å². The van der Waals surface area contributed by atoms with Crippen molar-refractivity contribution >= 4 is 17.7 Å². The Kier molecular flexibility index (Phi) is 5.36. The number of thioether (sulfide) groups is 1. The van der Waals surface area contributed by atoms with Gasteiger partial charge in [-0.05, 0) is 35.6 Å². The normalized spacial score (nSPS) is 16.4. The molecule has 1 amide bonds. The van der Waals surface area contributed by atoms with Crippen LogP contribution in [-0.2, 0) is 4.79 Å². The maximum Gasteiger partial charge on any atom is 0.230 e. The van der Waals surface area contributed by atoms with Gasteiger partial charge in [-0.2, -0.15) is 0 Å². The molecule has 0 bridgehead atoms. The van der Waals surface area contributed by atoms with Gasteiger partial charge in [0.1, 0.15) is 0 Å². The summed E-state index contributed by atoms with van der Waals surface area (Å²) in [6.45, 7) is 4.09. The second-order valence-electron chi connectivity index (χ2n) is 5.50. The third-order valence-corrected chi connectivity index (χ3v) is 3.96. The molecule has 0 radical (unpaired) electrons. The Balaban J connectivity index is 1.78. The average molecular weight is 299 g/mol. The fourth-order valence-electron chi connectivity index (χ4n) is 1.98. The van der Waals surface area contributed by atoms with E-state index in [2.05, 4.69) is 34.7 Å². The Labute approximate surface area is 122 Å². The summed E-state index contributed by atoms with van der Waals surface area (Å²) in [5.41, 5.74) is 0. The first-order valence-electron chi connectivity index (χ1n) is 6.91. The van der Waals surface area contributed by atoms with Gasteiger partial charge in [-0.3, -0.25) is 4.79 Å². The van der Waals surface area contributed by atoms with Crippen molar-refractivity contribution in [2.45, 2.75) is 50.4 Å². The molecule has 7 nitrogen and oxygen atoms in total. The first kappa shape index (κ1) is 15.2. The predicted molar refractivity (Wildman–Crippen MR) is 75.3 cm³/mol. The summed E-state index contributed by atoms with van der Waals surface area (Å²) in [4.78, 5) is 11.9. The second-order valence-corrected chi connectivity index (χ2v) is 6.44. The molecule has 0 saturated heterocycles. The van der Waals surface area contributed by atoms with Crippen molar-refractivity contribution in [3.05, 3.63) is 0 Å². The molecule has 1 heterocycles. The lowest BCUT2D eigenvalue weighted by atomic mass is 10.0. The van der Waals surface area contributed by atoms with Gasteiger partial charge in [-0.25, -0.2) is 4.68 Å². The summed E-state index contributed by atoms with van der Waals surface area (Å²) >= 11 is 1.33. The molecule has 1 saturated carbocycles. The van der Waals surface area contributed by atoms with Crippen LogP contribution in [-0.4, -0.2) is 49.6 Å². The van der Waals surface area contributed by atoms with Crippen LogP contribution in [0.2, 0.25) is 0 Å². The first-order valence-corrected chi connectivity index (χ1v) is 7.89. The third-order valence-electron chi connectivity index (χ3n) is 3.03. The highest BCUT2D eigenvalue weighted by Crippen LogP contribution is 2.36. The molecular weight excluding hydrogens is 278 g/mol. The van der Waals surface area contributed by atoms with Crippen molar-refractivity contribution in [3.63, 3.8) is 0 Å². The van der Waals surface area contributed by atoms with Gasteiger partial charge in [0.15, 0.2) is 0 Å². The SMILES string of the molecule is CC(C)CC(CO)NC(=O)CSc1nnnn1C1CC1. The number of nitrogens with zero attached hydrogens (tertiary/aromatic N) is 4. The molecule has 1 unspecified atom stereocenters. The van der Waals surface area contributed by atoms with Gasteiger partial charge >= 0.3 is 0 Å². The van der Waals surface area contributed by atoms with Crippen molar-refractivity contribution in [2.24, 2.45) is 5.92 Å². The van der Waals surface area contributed by atoms with Gasteiger partial charge in [0.05, 0.1) is 24.4 Å². The van der Waals surface area contributed by atoms with Crippen LogP contribution in [0.1, 0.15) is 39.2 Å². The monoisotopic (exact) mass is 299 g/mol. The van der Waals surface area contributed by atoms with Gasteiger partial charge in [-0.15, -0.1) is 5.10 Å². The molecule has 2 rings (SSSR count). The van der Waals surface area contributed by atoms with E-state index in [0.717, 1.165) is 19.3 Å². The molecule has 1 atom stereocenters. The molecule has 0 aliphatic heterocycles. The van der Waals surface area contributed by atoms with Gasteiger partial charge in [0, 0.05) is 0 Å². The number of hydrogen-bond acceptors (Lipinski definition) is 6. The number of nitrogens with one attached hydrogen (secondary N) is 1. The zero-order valence-corrected chi connectivity index (χ0v) is 12.6. The molecule has 1 aliphatic carbocycles. The number of aromatic nitrogens is 4. The number of aliphatic hydroxyl groups excluding tert-OH is 1. The van der Waals surface area contributed by atoms with Crippen LogP contribution in [0.5, 0.6) is 0 Å².